The molecule has 0 radical (unpaired) electrons. The van der Waals surface area contributed by atoms with Crippen LogP contribution in [0.2, 0.25) is 0 Å². The third kappa shape index (κ3) is 4.56. The zero-order chi connectivity index (χ0) is 13.1. The summed E-state index contributed by atoms with van der Waals surface area (Å²) in [6.07, 6.45) is 4.01. The van der Waals surface area contributed by atoms with E-state index in [1.165, 1.54) is 17.1 Å². The summed E-state index contributed by atoms with van der Waals surface area (Å²) >= 11 is 0. The lowest BCUT2D eigenvalue weighted by atomic mass is 10.0. The van der Waals surface area contributed by atoms with E-state index in [2.05, 4.69) is 5.32 Å². The minimum Gasteiger partial charge on any atom is -0.314 e. The maximum Gasteiger partial charge on any atom is 0.214 e. The van der Waals surface area contributed by atoms with E-state index in [1.807, 2.05) is 20.8 Å². The Bertz CT molecular complexity index is 334. The van der Waals surface area contributed by atoms with Crippen LogP contribution in [0, 0.1) is 0 Å². The van der Waals surface area contributed by atoms with Crippen LogP contribution in [-0.4, -0.2) is 43.6 Å². The van der Waals surface area contributed by atoms with Crippen LogP contribution in [0.5, 0.6) is 0 Å². The second kappa shape index (κ2) is 5.67. The molecule has 0 unspecified atom stereocenters. The molecule has 1 saturated carbocycles. The highest BCUT2D eigenvalue weighted by atomic mass is 32.2. The first-order valence-electron chi connectivity index (χ1n) is 6.49. The van der Waals surface area contributed by atoms with Crippen LogP contribution in [0.1, 0.15) is 46.5 Å². The van der Waals surface area contributed by atoms with E-state index in [0.717, 1.165) is 13.0 Å². The molecule has 0 aromatic heterocycles. The molecular formula is C12H26N2O2S. The third-order valence-corrected chi connectivity index (χ3v) is 5.86. The monoisotopic (exact) mass is 262 g/mol. The lowest BCUT2D eigenvalue weighted by Crippen LogP contribution is -2.45. The second-order valence-corrected chi connectivity index (χ2v) is 7.65. The number of nitrogens with zero attached hydrogens (tertiary/aromatic N) is 1. The molecule has 17 heavy (non-hydrogen) atoms. The molecule has 1 aliphatic rings. The Morgan fingerprint density at radius 1 is 1.35 bits per heavy atom. The second-order valence-electron chi connectivity index (χ2n) is 5.53. The van der Waals surface area contributed by atoms with Gasteiger partial charge in [-0.2, -0.15) is 4.31 Å². The van der Waals surface area contributed by atoms with Gasteiger partial charge in [0.25, 0.3) is 0 Å². The lowest BCUT2D eigenvalue weighted by molar-refractivity contribution is 0.257. The molecule has 0 aromatic rings. The van der Waals surface area contributed by atoms with Gasteiger partial charge in [-0.1, -0.05) is 6.92 Å². The summed E-state index contributed by atoms with van der Waals surface area (Å²) in [7, 11) is -1.43. The zero-order valence-corrected chi connectivity index (χ0v) is 12.3. The number of rotatable bonds is 8. The maximum atomic E-state index is 12.1. The fourth-order valence-electron chi connectivity index (χ4n) is 1.58. The molecule has 0 atom stereocenters. The fraction of sp³-hybridized carbons (Fsp3) is 1.00. The normalized spacial score (nSPS) is 17.7. The minimum atomic E-state index is -3.11. The summed E-state index contributed by atoms with van der Waals surface area (Å²) in [4.78, 5) is 0. The van der Waals surface area contributed by atoms with Crippen molar-refractivity contribution in [1.29, 1.82) is 0 Å². The van der Waals surface area contributed by atoms with E-state index < -0.39 is 10.0 Å². The fourth-order valence-corrected chi connectivity index (χ4v) is 3.25. The van der Waals surface area contributed by atoms with Gasteiger partial charge in [-0.05, 0) is 46.1 Å². The van der Waals surface area contributed by atoms with E-state index in [1.54, 1.807) is 7.05 Å². The average Bonchev–Trinajstić information content (AvgIpc) is 3.07. The number of hydrogen-bond donors (Lipinski definition) is 1. The van der Waals surface area contributed by atoms with Crippen molar-refractivity contribution in [2.75, 3.05) is 19.3 Å². The van der Waals surface area contributed by atoms with Gasteiger partial charge in [-0.25, -0.2) is 8.42 Å². The number of sulfonamides is 1. The van der Waals surface area contributed by atoms with Crippen molar-refractivity contribution in [2.45, 2.75) is 58.0 Å². The van der Waals surface area contributed by atoms with Crippen molar-refractivity contribution in [1.82, 2.24) is 9.62 Å². The van der Waals surface area contributed by atoms with Gasteiger partial charge in [0.1, 0.15) is 0 Å². The number of nitrogens with one attached hydrogen (secondary N) is 1. The average molecular weight is 262 g/mol. The predicted molar refractivity (Wildman–Crippen MR) is 71.6 cm³/mol. The third-order valence-electron chi connectivity index (χ3n) is 3.72. The molecule has 4 nitrogen and oxygen atoms in total. The molecule has 0 bridgehead atoms. The van der Waals surface area contributed by atoms with Crippen molar-refractivity contribution in [3.05, 3.63) is 0 Å². The molecule has 102 valence electrons. The van der Waals surface area contributed by atoms with Crippen LogP contribution < -0.4 is 5.32 Å². The van der Waals surface area contributed by atoms with Crippen LogP contribution in [0.25, 0.3) is 0 Å². The van der Waals surface area contributed by atoms with Gasteiger partial charge in [0.2, 0.25) is 10.0 Å². The van der Waals surface area contributed by atoms with Gasteiger partial charge in [-0.3, -0.25) is 0 Å². The Hall–Kier alpha value is -0.130. The molecule has 5 heteroatoms. The molecule has 1 rings (SSSR count). The Labute approximate surface area is 106 Å². The molecule has 1 N–H and O–H groups in total. The summed E-state index contributed by atoms with van der Waals surface area (Å²) in [5, 5.41) is 3.34. The van der Waals surface area contributed by atoms with E-state index in [-0.39, 0.29) is 11.3 Å². The van der Waals surface area contributed by atoms with Gasteiger partial charge in [0.05, 0.1) is 5.75 Å². The molecule has 0 heterocycles. The van der Waals surface area contributed by atoms with Gasteiger partial charge in [0, 0.05) is 18.6 Å². The van der Waals surface area contributed by atoms with E-state index in [9.17, 15) is 8.42 Å². The Kier molecular flexibility index (Phi) is 4.98. The highest BCUT2D eigenvalue weighted by Crippen LogP contribution is 2.21. The first-order valence-corrected chi connectivity index (χ1v) is 8.10. The smallest absolute Gasteiger partial charge is 0.214 e. The molecule has 1 fully saturated rings. The summed E-state index contributed by atoms with van der Waals surface area (Å²) < 4.78 is 25.7. The summed E-state index contributed by atoms with van der Waals surface area (Å²) in [5.41, 5.74) is -0.289. The molecular weight excluding hydrogens is 236 g/mol. The van der Waals surface area contributed by atoms with Gasteiger partial charge in [-0.15, -0.1) is 0 Å². The summed E-state index contributed by atoms with van der Waals surface area (Å²) in [6, 6.07) is 0.655. The molecule has 0 saturated heterocycles. The van der Waals surface area contributed by atoms with E-state index in [4.69, 9.17) is 0 Å². The summed E-state index contributed by atoms with van der Waals surface area (Å²) in [5.74, 6) is 0.243. The van der Waals surface area contributed by atoms with Crippen molar-refractivity contribution >= 4 is 10.0 Å². The molecule has 1 aliphatic carbocycles. The zero-order valence-electron chi connectivity index (χ0n) is 11.5. The standard InChI is InChI=1S/C12H26N2O2S/c1-5-12(2,3)14(4)17(15,16)10-6-9-13-11-7-8-11/h11,13H,5-10H2,1-4H3. The SMILES string of the molecule is CCC(C)(C)N(C)S(=O)(=O)CCCNC1CC1. The first-order chi connectivity index (χ1) is 7.79. The lowest BCUT2D eigenvalue weighted by Gasteiger charge is -2.33. The van der Waals surface area contributed by atoms with Gasteiger partial charge < -0.3 is 5.32 Å². The van der Waals surface area contributed by atoms with Gasteiger partial charge >= 0.3 is 0 Å². The molecule has 0 amide bonds. The first kappa shape index (κ1) is 14.9. The molecule has 0 spiro atoms. The van der Waals surface area contributed by atoms with Crippen molar-refractivity contribution < 1.29 is 8.42 Å². The van der Waals surface area contributed by atoms with Crippen LogP contribution >= 0.6 is 0 Å². The highest BCUT2D eigenvalue weighted by molar-refractivity contribution is 7.89. The Morgan fingerprint density at radius 3 is 2.41 bits per heavy atom. The maximum absolute atomic E-state index is 12.1. The summed E-state index contributed by atoms with van der Waals surface area (Å²) in [6.45, 7) is 6.75. The quantitative estimate of drug-likeness (QED) is 0.676. The highest BCUT2D eigenvalue weighted by Gasteiger charge is 2.30. The van der Waals surface area contributed by atoms with Crippen molar-refractivity contribution in [3.8, 4) is 0 Å². The largest absolute Gasteiger partial charge is 0.314 e. The van der Waals surface area contributed by atoms with E-state index in [0.29, 0.717) is 12.5 Å². The van der Waals surface area contributed by atoms with Crippen LogP contribution in [0.4, 0.5) is 0 Å². The van der Waals surface area contributed by atoms with Crippen LogP contribution in [-0.2, 0) is 10.0 Å². The van der Waals surface area contributed by atoms with Crippen molar-refractivity contribution in [3.63, 3.8) is 0 Å². The topological polar surface area (TPSA) is 49.4 Å². The predicted octanol–water partition coefficient (Wildman–Crippen LogP) is 1.58. The Morgan fingerprint density at radius 2 is 1.94 bits per heavy atom. The number of hydrogen-bond acceptors (Lipinski definition) is 3. The van der Waals surface area contributed by atoms with E-state index >= 15 is 0 Å². The van der Waals surface area contributed by atoms with Gasteiger partial charge in [0.15, 0.2) is 0 Å². The molecule has 0 aliphatic heterocycles. The molecule has 0 aromatic carbocycles. The Balaban J connectivity index is 2.37. The minimum absolute atomic E-state index is 0.243. The van der Waals surface area contributed by atoms with Crippen LogP contribution in [0.3, 0.4) is 0 Å². The van der Waals surface area contributed by atoms with Crippen LogP contribution in [0.15, 0.2) is 0 Å². The van der Waals surface area contributed by atoms with Crippen molar-refractivity contribution in [2.24, 2.45) is 0 Å².